The predicted octanol–water partition coefficient (Wildman–Crippen LogP) is 3.59. The van der Waals surface area contributed by atoms with Crippen molar-refractivity contribution in [2.45, 2.75) is 12.5 Å². The molecule has 0 aliphatic carbocycles. The van der Waals surface area contributed by atoms with Gasteiger partial charge in [-0.2, -0.15) is 0 Å². The van der Waals surface area contributed by atoms with Crippen molar-refractivity contribution < 1.29 is 14.0 Å². The highest BCUT2D eigenvalue weighted by Crippen LogP contribution is 2.33. The maximum Gasteiger partial charge on any atom is 0.251 e. The van der Waals surface area contributed by atoms with Crippen LogP contribution >= 0.6 is 23.2 Å². The lowest BCUT2D eigenvalue weighted by Crippen LogP contribution is -2.52. The molecular weight excluding hydrogens is 404 g/mol. The minimum atomic E-state index is -0.526. The second-order valence-electron chi connectivity index (χ2n) is 6.86. The summed E-state index contributed by atoms with van der Waals surface area (Å²) in [5, 5.41) is 0.702. The summed E-state index contributed by atoms with van der Waals surface area (Å²) in [6.07, 6.45) is 0.109. The van der Waals surface area contributed by atoms with Crippen molar-refractivity contribution in [2.75, 3.05) is 36.0 Å². The summed E-state index contributed by atoms with van der Waals surface area (Å²) in [5.41, 5.74) is 0.916. The van der Waals surface area contributed by atoms with Crippen LogP contribution in [0.1, 0.15) is 6.42 Å². The maximum atomic E-state index is 14.0. The average Bonchev–Trinajstić information content (AvgIpc) is 2.97. The number of halogens is 3. The van der Waals surface area contributed by atoms with Gasteiger partial charge in [-0.05, 0) is 30.3 Å². The van der Waals surface area contributed by atoms with Crippen LogP contribution < -0.4 is 9.80 Å². The van der Waals surface area contributed by atoms with Gasteiger partial charge in [0.2, 0.25) is 5.91 Å². The Labute approximate surface area is 172 Å². The quantitative estimate of drug-likeness (QED) is 0.710. The standard InChI is InChI=1S/C20H18Cl2FN3O2/c21-13-5-6-16(14(22)11-13)26-19(27)12-18(20(26)28)25-9-7-24(8-10-25)17-4-2-1-3-15(17)23/h1-6,11,18H,7-10,12H2/t18-/m0/s1. The fourth-order valence-corrected chi connectivity index (χ4v) is 4.29. The van der Waals surface area contributed by atoms with Gasteiger partial charge in [0.05, 0.1) is 28.9 Å². The zero-order valence-corrected chi connectivity index (χ0v) is 16.5. The number of anilines is 2. The number of piperazine rings is 1. The number of para-hydroxylation sites is 1. The number of carbonyl (C=O) groups is 2. The van der Waals surface area contributed by atoms with Crippen molar-refractivity contribution in [1.29, 1.82) is 0 Å². The van der Waals surface area contributed by atoms with Crippen molar-refractivity contribution in [3.8, 4) is 0 Å². The Morgan fingerprint density at radius 2 is 1.64 bits per heavy atom. The van der Waals surface area contributed by atoms with E-state index < -0.39 is 6.04 Å². The molecule has 5 nitrogen and oxygen atoms in total. The largest absolute Gasteiger partial charge is 0.367 e. The average molecular weight is 422 g/mol. The summed E-state index contributed by atoms with van der Waals surface area (Å²) >= 11 is 12.1. The molecule has 0 saturated carbocycles. The lowest BCUT2D eigenvalue weighted by molar-refractivity contribution is -0.123. The number of hydrogen-bond acceptors (Lipinski definition) is 4. The van der Waals surface area contributed by atoms with Crippen LogP contribution in [0.15, 0.2) is 42.5 Å². The van der Waals surface area contributed by atoms with E-state index in [4.69, 9.17) is 23.2 Å². The molecule has 146 valence electrons. The zero-order valence-electron chi connectivity index (χ0n) is 14.9. The van der Waals surface area contributed by atoms with Gasteiger partial charge in [-0.25, -0.2) is 9.29 Å². The molecule has 2 fully saturated rings. The van der Waals surface area contributed by atoms with Crippen molar-refractivity contribution >= 4 is 46.4 Å². The first-order valence-electron chi connectivity index (χ1n) is 9.01. The van der Waals surface area contributed by atoms with Gasteiger partial charge in [-0.1, -0.05) is 35.3 Å². The van der Waals surface area contributed by atoms with E-state index in [1.165, 1.54) is 12.1 Å². The van der Waals surface area contributed by atoms with Crippen LogP contribution in [0.25, 0.3) is 0 Å². The molecule has 8 heteroatoms. The Morgan fingerprint density at radius 3 is 2.32 bits per heavy atom. The number of rotatable bonds is 3. The predicted molar refractivity (Wildman–Crippen MR) is 108 cm³/mol. The second-order valence-corrected chi connectivity index (χ2v) is 7.70. The van der Waals surface area contributed by atoms with E-state index in [2.05, 4.69) is 0 Å². The van der Waals surface area contributed by atoms with E-state index in [-0.39, 0.29) is 29.1 Å². The van der Waals surface area contributed by atoms with Crippen molar-refractivity contribution in [3.05, 3.63) is 58.3 Å². The van der Waals surface area contributed by atoms with E-state index in [9.17, 15) is 14.0 Å². The van der Waals surface area contributed by atoms with E-state index in [1.54, 1.807) is 30.3 Å². The number of amides is 2. The lowest BCUT2D eigenvalue weighted by atomic mass is 10.1. The first-order chi connectivity index (χ1) is 13.5. The molecule has 28 heavy (non-hydrogen) atoms. The third-order valence-electron chi connectivity index (χ3n) is 5.22. The third kappa shape index (κ3) is 3.48. The molecule has 2 saturated heterocycles. The molecule has 2 aliphatic rings. The number of benzene rings is 2. The highest BCUT2D eigenvalue weighted by Gasteiger charge is 2.44. The molecule has 0 spiro atoms. The lowest BCUT2D eigenvalue weighted by Gasteiger charge is -2.38. The molecule has 1 atom stereocenters. The van der Waals surface area contributed by atoms with Crippen LogP contribution in [0.2, 0.25) is 10.0 Å². The number of nitrogens with zero attached hydrogens (tertiary/aromatic N) is 3. The van der Waals surface area contributed by atoms with Gasteiger partial charge in [0.25, 0.3) is 5.91 Å². The van der Waals surface area contributed by atoms with Gasteiger partial charge < -0.3 is 4.90 Å². The van der Waals surface area contributed by atoms with Gasteiger partial charge in [0.1, 0.15) is 5.82 Å². The maximum absolute atomic E-state index is 14.0. The smallest absolute Gasteiger partial charge is 0.251 e. The van der Waals surface area contributed by atoms with Crippen LogP contribution in [0, 0.1) is 5.82 Å². The Hall–Kier alpha value is -2.15. The van der Waals surface area contributed by atoms with Crippen LogP contribution in [0.3, 0.4) is 0 Å². The monoisotopic (exact) mass is 421 g/mol. The van der Waals surface area contributed by atoms with Gasteiger partial charge in [-0.3, -0.25) is 14.5 Å². The van der Waals surface area contributed by atoms with Gasteiger partial charge in [0.15, 0.2) is 0 Å². The highest BCUT2D eigenvalue weighted by atomic mass is 35.5. The molecule has 2 aromatic rings. The summed E-state index contributed by atoms with van der Waals surface area (Å²) in [5.74, 6) is -0.823. The molecule has 2 aliphatic heterocycles. The molecule has 0 N–H and O–H groups in total. The van der Waals surface area contributed by atoms with E-state index in [0.717, 1.165) is 4.90 Å². The number of hydrogen-bond donors (Lipinski definition) is 0. The van der Waals surface area contributed by atoms with Gasteiger partial charge in [0, 0.05) is 31.2 Å². The molecule has 0 bridgehead atoms. The summed E-state index contributed by atoms with van der Waals surface area (Å²) < 4.78 is 14.0. The fraction of sp³-hybridized carbons (Fsp3) is 0.300. The zero-order chi connectivity index (χ0) is 19.8. The van der Waals surface area contributed by atoms with Gasteiger partial charge >= 0.3 is 0 Å². The summed E-state index contributed by atoms with van der Waals surface area (Å²) in [6, 6.07) is 10.8. The third-order valence-corrected chi connectivity index (χ3v) is 5.76. The summed E-state index contributed by atoms with van der Waals surface area (Å²) in [4.78, 5) is 30.6. The van der Waals surface area contributed by atoms with Gasteiger partial charge in [-0.15, -0.1) is 0 Å². The molecule has 2 aromatic carbocycles. The van der Waals surface area contributed by atoms with Crippen molar-refractivity contribution in [3.63, 3.8) is 0 Å². The highest BCUT2D eigenvalue weighted by molar-refractivity contribution is 6.38. The Kier molecular flexibility index (Phi) is 5.27. The number of carbonyl (C=O) groups excluding carboxylic acids is 2. The molecule has 2 amide bonds. The molecule has 0 radical (unpaired) electrons. The minimum Gasteiger partial charge on any atom is -0.367 e. The fourth-order valence-electron chi connectivity index (χ4n) is 3.80. The van der Waals surface area contributed by atoms with Crippen molar-refractivity contribution in [1.82, 2.24) is 4.90 Å². The Morgan fingerprint density at radius 1 is 0.929 bits per heavy atom. The molecule has 2 heterocycles. The van der Waals surface area contributed by atoms with Crippen LogP contribution in [0.5, 0.6) is 0 Å². The van der Waals surface area contributed by atoms with Crippen LogP contribution in [-0.2, 0) is 9.59 Å². The van der Waals surface area contributed by atoms with Crippen molar-refractivity contribution in [2.24, 2.45) is 0 Å². The normalized spacial score (nSPS) is 20.9. The van der Waals surface area contributed by atoms with E-state index >= 15 is 0 Å². The molecule has 4 rings (SSSR count). The Bertz CT molecular complexity index is 931. The molecule has 0 unspecified atom stereocenters. The molecular formula is C20H18Cl2FN3O2. The first kappa shape index (κ1) is 19.2. The SMILES string of the molecule is O=C1C[C@H](N2CCN(c3ccccc3F)CC2)C(=O)N1c1ccc(Cl)cc1Cl. The summed E-state index contributed by atoms with van der Waals surface area (Å²) in [7, 11) is 0. The second kappa shape index (κ2) is 7.70. The number of imide groups is 1. The summed E-state index contributed by atoms with van der Waals surface area (Å²) in [6.45, 7) is 2.31. The minimum absolute atomic E-state index is 0.109. The van der Waals surface area contributed by atoms with Crippen LogP contribution in [-0.4, -0.2) is 48.9 Å². The van der Waals surface area contributed by atoms with Crippen LogP contribution in [0.4, 0.5) is 15.8 Å². The topological polar surface area (TPSA) is 43.9 Å². The first-order valence-corrected chi connectivity index (χ1v) is 9.76. The van der Waals surface area contributed by atoms with E-state index in [0.29, 0.717) is 42.6 Å². The van der Waals surface area contributed by atoms with E-state index in [1.807, 2.05) is 9.80 Å². The molecule has 0 aromatic heterocycles. The Balaban J connectivity index is 1.47.